The van der Waals surface area contributed by atoms with E-state index in [-0.39, 0.29) is 17.1 Å². The quantitative estimate of drug-likeness (QED) is 0.668. The van der Waals surface area contributed by atoms with Crippen molar-refractivity contribution in [2.45, 2.75) is 46.0 Å². The third-order valence-electron chi connectivity index (χ3n) is 4.83. The number of benzene rings is 2. The first-order chi connectivity index (χ1) is 12.1. The third kappa shape index (κ3) is 5.98. The molecule has 0 saturated heterocycles. The van der Waals surface area contributed by atoms with E-state index >= 15 is 0 Å². The fourth-order valence-corrected chi connectivity index (χ4v) is 4.11. The van der Waals surface area contributed by atoms with Crippen LogP contribution in [0.4, 0.5) is 0 Å². The lowest BCUT2D eigenvalue weighted by atomic mass is 9.74. The second-order valence-electron chi connectivity index (χ2n) is 8.30. The minimum atomic E-state index is -2.96. The normalized spacial score (nSPS) is 13.8. The van der Waals surface area contributed by atoms with E-state index in [1.165, 1.54) is 28.9 Å². The highest BCUT2D eigenvalue weighted by atomic mass is 32.2. The standard InChI is InChI=1S/C23H31O2S/c1-18(15-16-26(5,24)25)21(17-19-11-7-6-8-12-19)20-13-9-10-14-22(20)23(2,3)4/h6-14,18H,15-17H2,1-5H3. The molecule has 0 spiro atoms. The van der Waals surface area contributed by atoms with E-state index in [0.29, 0.717) is 6.42 Å². The van der Waals surface area contributed by atoms with E-state index in [4.69, 9.17) is 0 Å². The third-order valence-corrected chi connectivity index (χ3v) is 5.81. The Labute approximate surface area is 159 Å². The summed E-state index contributed by atoms with van der Waals surface area (Å²) >= 11 is 0. The van der Waals surface area contributed by atoms with Gasteiger partial charge in [-0.25, -0.2) is 8.42 Å². The molecule has 0 saturated carbocycles. The molecule has 0 bridgehead atoms. The highest BCUT2D eigenvalue weighted by Gasteiger charge is 2.27. The molecule has 0 N–H and O–H groups in total. The minimum Gasteiger partial charge on any atom is -0.229 e. The Morgan fingerprint density at radius 3 is 2.12 bits per heavy atom. The Balaban J connectivity index is 2.41. The number of sulfone groups is 1. The summed E-state index contributed by atoms with van der Waals surface area (Å²) in [6.07, 6.45) is 2.82. The first-order valence-corrected chi connectivity index (χ1v) is 11.3. The molecule has 0 aliphatic carbocycles. The molecular weight excluding hydrogens is 340 g/mol. The van der Waals surface area contributed by atoms with Crippen LogP contribution in [0.5, 0.6) is 0 Å². The van der Waals surface area contributed by atoms with Crippen LogP contribution in [-0.2, 0) is 21.7 Å². The fraction of sp³-hybridized carbons (Fsp3) is 0.435. The van der Waals surface area contributed by atoms with E-state index < -0.39 is 9.84 Å². The van der Waals surface area contributed by atoms with Crippen molar-refractivity contribution in [2.75, 3.05) is 12.0 Å². The summed E-state index contributed by atoms with van der Waals surface area (Å²) in [5.74, 6) is 1.75. The molecule has 2 nitrogen and oxygen atoms in total. The van der Waals surface area contributed by atoms with E-state index in [2.05, 4.69) is 76.2 Å². The predicted octanol–water partition coefficient (Wildman–Crippen LogP) is 5.22. The summed E-state index contributed by atoms with van der Waals surface area (Å²) in [5, 5.41) is 0. The van der Waals surface area contributed by atoms with Gasteiger partial charge in [0.15, 0.2) is 0 Å². The summed E-state index contributed by atoms with van der Waals surface area (Å²) in [6, 6.07) is 19.0. The van der Waals surface area contributed by atoms with Crippen LogP contribution in [0, 0.1) is 11.8 Å². The van der Waals surface area contributed by atoms with Crippen LogP contribution in [0.2, 0.25) is 0 Å². The summed E-state index contributed by atoms with van der Waals surface area (Å²) in [6.45, 7) is 8.84. The fourth-order valence-electron chi connectivity index (χ4n) is 3.33. The monoisotopic (exact) mass is 371 g/mol. The Hall–Kier alpha value is -1.61. The van der Waals surface area contributed by atoms with Crippen molar-refractivity contribution in [3.05, 3.63) is 77.2 Å². The van der Waals surface area contributed by atoms with Gasteiger partial charge in [-0.15, -0.1) is 0 Å². The zero-order valence-corrected chi connectivity index (χ0v) is 17.4. The molecule has 1 atom stereocenters. The van der Waals surface area contributed by atoms with E-state index in [1.54, 1.807) is 0 Å². The van der Waals surface area contributed by atoms with Gasteiger partial charge in [0.1, 0.15) is 9.84 Å². The van der Waals surface area contributed by atoms with Gasteiger partial charge in [-0.2, -0.15) is 0 Å². The molecule has 0 aromatic heterocycles. The van der Waals surface area contributed by atoms with Crippen molar-refractivity contribution in [3.63, 3.8) is 0 Å². The van der Waals surface area contributed by atoms with Crippen molar-refractivity contribution >= 4 is 9.84 Å². The van der Waals surface area contributed by atoms with Crippen LogP contribution in [0.25, 0.3) is 0 Å². The zero-order valence-electron chi connectivity index (χ0n) is 16.6. The molecule has 2 rings (SSSR count). The molecule has 0 aliphatic heterocycles. The zero-order chi connectivity index (χ0) is 19.4. The van der Waals surface area contributed by atoms with E-state index in [1.807, 2.05) is 6.07 Å². The van der Waals surface area contributed by atoms with E-state index in [0.717, 1.165) is 6.42 Å². The molecule has 2 aromatic rings. The van der Waals surface area contributed by atoms with Gasteiger partial charge in [-0.05, 0) is 40.9 Å². The lowest BCUT2D eigenvalue weighted by Crippen LogP contribution is -2.22. The number of hydrogen-bond acceptors (Lipinski definition) is 2. The van der Waals surface area contributed by atoms with Gasteiger partial charge in [0.25, 0.3) is 0 Å². The van der Waals surface area contributed by atoms with Gasteiger partial charge in [0, 0.05) is 12.2 Å². The topological polar surface area (TPSA) is 34.1 Å². The first kappa shape index (κ1) is 20.7. The van der Waals surface area contributed by atoms with Gasteiger partial charge >= 0.3 is 0 Å². The SMILES string of the molecule is CC(CCS(C)(=O)=O)[C](Cc1ccccc1)c1ccccc1C(C)(C)C. The maximum atomic E-state index is 11.7. The Morgan fingerprint density at radius 2 is 1.54 bits per heavy atom. The molecule has 0 aliphatic rings. The number of hydrogen-bond donors (Lipinski definition) is 0. The lowest BCUT2D eigenvalue weighted by molar-refractivity contribution is 0.540. The summed E-state index contributed by atoms with van der Waals surface area (Å²) in [5.41, 5.74) is 3.88. The lowest BCUT2D eigenvalue weighted by Gasteiger charge is -2.30. The molecule has 0 fully saturated rings. The molecular formula is C23H31O2S. The molecule has 141 valence electrons. The van der Waals surface area contributed by atoms with Gasteiger partial charge in [-0.1, -0.05) is 82.3 Å². The molecule has 1 unspecified atom stereocenters. The molecule has 0 heterocycles. The molecule has 1 radical (unpaired) electrons. The van der Waals surface area contributed by atoms with Gasteiger partial charge in [-0.3, -0.25) is 0 Å². The summed E-state index contributed by atoms with van der Waals surface area (Å²) in [7, 11) is -2.96. The van der Waals surface area contributed by atoms with Gasteiger partial charge in [0.2, 0.25) is 0 Å². The van der Waals surface area contributed by atoms with Crippen molar-refractivity contribution in [2.24, 2.45) is 5.92 Å². The maximum Gasteiger partial charge on any atom is 0.147 e. The van der Waals surface area contributed by atoms with Crippen LogP contribution in [0.15, 0.2) is 54.6 Å². The van der Waals surface area contributed by atoms with Crippen LogP contribution in [-0.4, -0.2) is 20.4 Å². The number of rotatable bonds is 7. The molecule has 2 aromatic carbocycles. The molecule has 3 heteroatoms. The van der Waals surface area contributed by atoms with Gasteiger partial charge in [0.05, 0.1) is 5.75 Å². The largest absolute Gasteiger partial charge is 0.229 e. The first-order valence-electron chi connectivity index (χ1n) is 9.25. The second kappa shape index (κ2) is 8.39. The average molecular weight is 372 g/mol. The maximum absolute atomic E-state index is 11.7. The predicted molar refractivity (Wildman–Crippen MR) is 111 cm³/mol. The second-order valence-corrected chi connectivity index (χ2v) is 10.6. The Morgan fingerprint density at radius 1 is 0.962 bits per heavy atom. The van der Waals surface area contributed by atoms with Crippen molar-refractivity contribution < 1.29 is 8.42 Å². The van der Waals surface area contributed by atoms with Crippen LogP contribution in [0.3, 0.4) is 0 Å². The molecule has 0 amide bonds. The summed E-state index contributed by atoms with van der Waals surface area (Å²) < 4.78 is 23.3. The van der Waals surface area contributed by atoms with Crippen LogP contribution < -0.4 is 0 Å². The van der Waals surface area contributed by atoms with Crippen LogP contribution in [0.1, 0.15) is 50.8 Å². The highest BCUT2D eigenvalue weighted by Crippen LogP contribution is 2.36. The Bertz CT molecular complexity index is 802. The van der Waals surface area contributed by atoms with Crippen molar-refractivity contribution in [3.8, 4) is 0 Å². The van der Waals surface area contributed by atoms with Crippen LogP contribution >= 0.6 is 0 Å². The Kier molecular flexibility index (Phi) is 6.68. The smallest absolute Gasteiger partial charge is 0.147 e. The van der Waals surface area contributed by atoms with E-state index in [9.17, 15) is 8.42 Å². The van der Waals surface area contributed by atoms with Crippen molar-refractivity contribution in [1.29, 1.82) is 0 Å². The molecule has 26 heavy (non-hydrogen) atoms. The summed E-state index contributed by atoms with van der Waals surface area (Å²) in [4.78, 5) is 0. The highest BCUT2D eigenvalue weighted by molar-refractivity contribution is 7.90. The average Bonchev–Trinajstić information content (AvgIpc) is 2.57. The van der Waals surface area contributed by atoms with Gasteiger partial charge < -0.3 is 0 Å². The van der Waals surface area contributed by atoms with Crippen molar-refractivity contribution in [1.82, 2.24) is 0 Å². The minimum absolute atomic E-state index is 0.0368.